The maximum Gasteiger partial charge on any atom is 0.100 e. The zero-order valence-corrected chi connectivity index (χ0v) is 18.6. The lowest BCUT2D eigenvalue weighted by Crippen LogP contribution is -2.16. The highest BCUT2D eigenvalue weighted by molar-refractivity contribution is 5.53. The van der Waals surface area contributed by atoms with Crippen molar-refractivity contribution >= 4 is 11.9 Å². The maximum absolute atomic E-state index is 4.83. The van der Waals surface area contributed by atoms with Gasteiger partial charge in [0.15, 0.2) is 0 Å². The summed E-state index contributed by atoms with van der Waals surface area (Å²) >= 11 is 0. The Kier molecular flexibility index (Phi) is 18.2. The van der Waals surface area contributed by atoms with Gasteiger partial charge < -0.3 is 15.1 Å². The van der Waals surface area contributed by atoms with Gasteiger partial charge in [-0.15, -0.1) is 0 Å². The Hall–Kier alpha value is -2.07. The van der Waals surface area contributed by atoms with Crippen molar-refractivity contribution in [3.8, 4) is 0 Å². The minimum atomic E-state index is 0.778. The summed E-state index contributed by atoms with van der Waals surface area (Å²) in [5, 5.41) is 6.87. The number of nitrogens with one attached hydrogen (secondary N) is 2. The molecule has 0 saturated heterocycles. The first-order chi connectivity index (χ1) is 13.7. The zero-order valence-electron chi connectivity index (χ0n) is 18.6. The van der Waals surface area contributed by atoms with E-state index in [4.69, 9.17) is 4.42 Å². The molecule has 1 aromatic carbocycles. The summed E-state index contributed by atoms with van der Waals surface area (Å²) in [6.07, 6.45) is 8.41. The SMILES string of the molecule is CC=NCc1ccc(NCCCCNCCC)cc1.CCC.Cc1ccco1. The molecule has 2 N–H and O–H groups in total. The molecule has 0 aliphatic heterocycles. The number of furan rings is 1. The molecule has 0 unspecified atom stereocenters. The predicted octanol–water partition coefficient (Wildman–Crippen LogP) is 6.47. The van der Waals surface area contributed by atoms with Gasteiger partial charge in [-0.1, -0.05) is 39.3 Å². The standard InChI is InChI=1S/C16H27N3.C5H6O.C3H8/c1-3-11-18-12-5-6-13-19-16-9-7-15(8-10-16)14-17-4-2;1-5-3-2-4-6-5;1-3-2/h4,7-10,18-19H,3,5-6,11-14H2,1-2H3;2-4H,1H3;3H2,1-2H3. The third-order valence-electron chi connectivity index (χ3n) is 3.61. The molecule has 4 nitrogen and oxygen atoms in total. The van der Waals surface area contributed by atoms with Gasteiger partial charge >= 0.3 is 0 Å². The molecular formula is C24H41N3O. The van der Waals surface area contributed by atoms with Gasteiger partial charge in [-0.05, 0) is 82.2 Å². The Morgan fingerprint density at radius 3 is 2.14 bits per heavy atom. The number of benzene rings is 1. The van der Waals surface area contributed by atoms with Crippen LogP contribution in [0.3, 0.4) is 0 Å². The topological polar surface area (TPSA) is 49.6 Å². The molecule has 0 atom stereocenters. The fraction of sp³-hybridized carbons (Fsp3) is 0.542. The van der Waals surface area contributed by atoms with E-state index in [-0.39, 0.29) is 0 Å². The number of anilines is 1. The second-order valence-corrected chi connectivity index (χ2v) is 6.61. The van der Waals surface area contributed by atoms with Crippen LogP contribution in [-0.2, 0) is 6.54 Å². The molecule has 158 valence electrons. The summed E-state index contributed by atoms with van der Waals surface area (Å²) in [7, 11) is 0. The van der Waals surface area contributed by atoms with Gasteiger partial charge in [0.2, 0.25) is 0 Å². The van der Waals surface area contributed by atoms with Crippen LogP contribution in [0.1, 0.15) is 64.7 Å². The van der Waals surface area contributed by atoms with Gasteiger partial charge in [-0.25, -0.2) is 0 Å². The number of aliphatic imine (C=N–C) groups is 1. The summed E-state index contributed by atoms with van der Waals surface area (Å²) in [4.78, 5) is 4.23. The fourth-order valence-corrected chi connectivity index (χ4v) is 2.19. The van der Waals surface area contributed by atoms with E-state index in [9.17, 15) is 0 Å². The van der Waals surface area contributed by atoms with Crippen LogP contribution in [0.25, 0.3) is 0 Å². The third-order valence-corrected chi connectivity index (χ3v) is 3.61. The van der Waals surface area contributed by atoms with Crippen LogP contribution in [0.2, 0.25) is 0 Å². The number of rotatable bonds is 10. The Labute approximate surface area is 172 Å². The van der Waals surface area contributed by atoms with Gasteiger partial charge in [0.05, 0.1) is 12.8 Å². The molecule has 0 radical (unpaired) electrons. The van der Waals surface area contributed by atoms with Crippen LogP contribution in [0.4, 0.5) is 5.69 Å². The molecule has 0 bridgehead atoms. The van der Waals surface area contributed by atoms with E-state index in [0.717, 1.165) is 31.9 Å². The maximum atomic E-state index is 4.83. The highest BCUT2D eigenvalue weighted by Crippen LogP contribution is 2.10. The molecule has 0 amide bonds. The summed E-state index contributed by atoms with van der Waals surface area (Å²) in [6, 6.07) is 12.3. The van der Waals surface area contributed by atoms with Gasteiger partial charge in [0.25, 0.3) is 0 Å². The Morgan fingerprint density at radius 1 is 0.964 bits per heavy atom. The molecule has 0 saturated carbocycles. The van der Waals surface area contributed by atoms with E-state index in [1.165, 1.54) is 36.9 Å². The first-order valence-corrected chi connectivity index (χ1v) is 10.7. The lowest BCUT2D eigenvalue weighted by molar-refractivity contribution is 0.534. The Morgan fingerprint density at radius 2 is 1.64 bits per heavy atom. The summed E-state index contributed by atoms with van der Waals surface area (Å²) in [5.41, 5.74) is 2.46. The summed E-state index contributed by atoms with van der Waals surface area (Å²) < 4.78 is 4.83. The van der Waals surface area contributed by atoms with E-state index in [0.29, 0.717) is 0 Å². The van der Waals surface area contributed by atoms with E-state index in [1.54, 1.807) is 6.26 Å². The first-order valence-electron chi connectivity index (χ1n) is 10.7. The second kappa shape index (κ2) is 19.7. The number of unbranched alkanes of at least 4 members (excludes halogenated alkanes) is 1. The smallest absolute Gasteiger partial charge is 0.100 e. The molecule has 2 aromatic rings. The number of hydrogen-bond donors (Lipinski definition) is 2. The largest absolute Gasteiger partial charge is 0.470 e. The molecule has 0 spiro atoms. The van der Waals surface area contributed by atoms with E-state index < -0.39 is 0 Å². The quantitative estimate of drug-likeness (QED) is 0.363. The van der Waals surface area contributed by atoms with Crippen molar-refractivity contribution in [1.29, 1.82) is 0 Å². The molecule has 1 aromatic heterocycles. The molecule has 4 heteroatoms. The van der Waals surface area contributed by atoms with Crippen molar-refractivity contribution < 1.29 is 4.42 Å². The van der Waals surface area contributed by atoms with Gasteiger partial charge in [0, 0.05) is 12.2 Å². The molecule has 0 aliphatic carbocycles. The molecule has 0 aliphatic rings. The van der Waals surface area contributed by atoms with Gasteiger partial charge in [-0.2, -0.15) is 0 Å². The van der Waals surface area contributed by atoms with Crippen molar-refractivity contribution in [2.24, 2.45) is 4.99 Å². The number of aryl methyl sites for hydroxylation is 1. The Bertz CT molecular complexity index is 562. The van der Waals surface area contributed by atoms with Crippen LogP contribution >= 0.6 is 0 Å². The van der Waals surface area contributed by atoms with E-state index in [1.807, 2.05) is 32.2 Å². The molecule has 0 fully saturated rings. The fourth-order valence-electron chi connectivity index (χ4n) is 2.19. The average molecular weight is 388 g/mol. The van der Waals surface area contributed by atoms with Crippen LogP contribution in [0.5, 0.6) is 0 Å². The van der Waals surface area contributed by atoms with Crippen LogP contribution in [-0.4, -0.2) is 25.8 Å². The molecule has 28 heavy (non-hydrogen) atoms. The highest BCUT2D eigenvalue weighted by atomic mass is 16.3. The van der Waals surface area contributed by atoms with Crippen LogP contribution in [0.15, 0.2) is 52.1 Å². The normalized spacial score (nSPS) is 10.0. The average Bonchev–Trinajstić information content (AvgIpc) is 3.19. The van der Waals surface area contributed by atoms with Crippen molar-refractivity contribution in [2.45, 2.75) is 66.8 Å². The summed E-state index contributed by atoms with van der Waals surface area (Å²) in [6.45, 7) is 14.4. The minimum absolute atomic E-state index is 0.778. The van der Waals surface area contributed by atoms with Gasteiger partial charge in [-0.3, -0.25) is 4.99 Å². The monoisotopic (exact) mass is 387 g/mol. The summed E-state index contributed by atoms with van der Waals surface area (Å²) in [5.74, 6) is 0.968. The van der Waals surface area contributed by atoms with Crippen molar-refractivity contribution in [2.75, 3.05) is 25.0 Å². The highest BCUT2D eigenvalue weighted by Gasteiger charge is 1.94. The lowest BCUT2D eigenvalue weighted by atomic mass is 10.2. The van der Waals surface area contributed by atoms with Gasteiger partial charge in [0.1, 0.15) is 5.76 Å². The van der Waals surface area contributed by atoms with Crippen molar-refractivity contribution in [3.63, 3.8) is 0 Å². The molecule has 2 rings (SSSR count). The van der Waals surface area contributed by atoms with Crippen molar-refractivity contribution in [3.05, 3.63) is 54.0 Å². The Balaban J connectivity index is 0.000000665. The number of hydrogen-bond acceptors (Lipinski definition) is 4. The molecule has 1 heterocycles. The van der Waals surface area contributed by atoms with Crippen LogP contribution in [0, 0.1) is 6.92 Å². The van der Waals surface area contributed by atoms with E-state index >= 15 is 0 Å². The zero-order chi connectivity index (χ0) is 20.9. The second-order valence-electron chi connectivity index (χ2n) is 6.61. The van der Waals surface area contributed by atoms with E-state index in [2.05, 4.69) is 60.7 Å². The van der Waals surface area contributed by atoms with Crippen molar-refractivity contribution in [1.82, 2.24) is 5.32 Å². The molecular weight excluding hydrogens is 346 g/mol. The lowest BCUT2D eigenvalue weighted by Gasteiger charge is -2.07. The minimum Gasteiger partial charge on any atom is -0.470 e. The number of nitrogens with zero attached hydrogens (tertiary/aromatic N) is 1. The first kappa shape index (κ1) is 25.9. The predicted molar refractivity (Wildman–Crippen MR) is 125 cm³/mol. The third kappa shape index (κ3) is 16.1. The van der Waals surface area contributed by atoms with Crippen LogP contribution < -0.4 is 10.6 Å².